The summed E-state index contributed by atoms with van der Waals surface area (Å²) in [5, 5.41) is 0. The number of hydrogen-bond donors (Lipinski definition) is 0. The summed E-state index contributed by atoms with van der Waals surface area (Å²) in [6, 6.07) is 12.1. The van der Waals surface area contributed by atoms with Crippen LogP contribution in [0.5, 0.6) is 0 Å². The highest BCUT2D eigenvalue weighted by Gasteiger charge is 2.11. The molecule has 0 fully saturated rings. The van der Waals surface area contributed by atoms with Gasteiger partial charge in [0.15, 0.2) is 0 Å². The number of rotatable bonds is 4. The Morgan fingerprint density at radius 3 is 2.23 bits per heavy atom. The average Bonchev–Trinajstić information content (AvgIpc) is 2.04. The predicted molar refractivity (Wildman–Crippen MR) is 65.3 cm³/mol. The van der Waals surface area contributed by atoms with Crippen molar-refractivity contribution in [2.75, 3.05) is 5.75 Å². The Balaban J connectivity index is 2.29. The standard InChI is InChI=1S/C11H18SSi/c1-13(2,3)10-9-12-11-7-5-4-6-8-11/h4-8H,9-10H2,1-3H3. The molecule has 1 rings (SSSR count). The van der Waals surface area contributed by atoms with Crippen molar-refractivity contribution in [1.29, 1.82) is 0 Å². The van der Waals surface area contributed by atoms with Crippen LogP contribution in [-0.2, 0) is 0 Å². The third kappa shape index (κ3) is 5.16. The molecule has 0 amide bonds. The summed E-state index contributed by atoms with van der Waals surface area (Å²) in [5.41, 5.74) is 0. The van der Waals surface area contributed by atoms with Gasteiger partial charge in [-0.15, -0.1) is 11.8 Å². The Morgan fingerprint density at radius 1 is 1.08 bits per heavy atom. The number of benzene rings is 1. The molecule has 0 heterocycles. The molecule has 0 nitrogen and oxygen atoms in total. The van der Waals surface area contributed by atoms with Gasteiger partial charge in [0.1, 0.15) is 0 Å². The summed E-state index contributed by atoms with van der Waals surface area (Å²) in [6.45, 7) is 7.29. The lowest BCUT2D eigenvalue weighted by atomic mass is 10.4. The first-order valence-electron chi connectivity index (χ1n) is 4.76. The minimum Gasteiger partial charge on any atom is -0.126 e. The summed E-state index contributed by atoms with van der Waals surface area (Å²) < 4.78 is 0. The van der Waals surface area contributed by atoms with E-state index < -0.39 is 8.07 Å². The molecule has 0 N–H and O–H groups in total. The van der Waals surface area contributed by atoms with E-state index in [0.717, 1.165) is 0 Å². The van der Waals surface area contributed by atoms with Crippen LogP contribution < -0.4 is 0 Å². The van der Waals surface area contributed by atoms with Crippen LogP contribution in [0.15, 0.2) is 35.2 Å². The Labute approximate surface area is 86.8 Å². The van der Waals surface area contributed by atoms with Crippen LogP contribution in [-0.4, -0.2) is 13.8 Å². The smallest absolute Gasteiger partial charge is 0.0450 e. The normalized spacial score (nSPS) is 11.6. The fourth-order valence-electron chi connectivity index (χ4n) is 0.992. The highest BCUT2D eigenvalue weighted by molar-refractivity contribution is 7.99. The van der Waals surface area contributed by atoms with Crippen LogP contribution in [0.1, 0.15) is 0 Å². The van der Waals surface area contributed by atoms with E-state index >= 15 is 0 Å². The van der Waals surface area contributed by atoms with Gasteiger partial charge in [0.2, 0.25) is 0 Å². The van der Waals surface area contributed by atoms with Gasteiger partial charge in [-0.2, -0.15) is 0 Å². The van der Waals surface area contributed by atoms with Gasteiger partial charge >= 0.3 is 0 Å². The fraction of sp³-hybridized carbons (Fsp3) is 0.455. The molecule has 1 aromatic rings. The van der Waals surface area contributed by atoms with Crippen molar-refractivity contribution in [1.82, 2.24) is 0 Å². The fourth-order valence-corrected chi connectivity index (χ4v) is 4.43. The van der Waals surface area contributed by atoms with E-state index in [-0.39, 0.29) is 0 Å². The topological polar surface area (TPSA) is 0 Å². The van der Waals surface area contributed by atoms with Gasteiger partial charge in [0.25, 0.3) is 0 Å². The van der Waals surface area contributed by atoms with Crippen LogP contribution in [0.4, 0.5) is 0 Å². The Morgan fingerprint density at radius 2 is 1.69 bits per heavy atom. The van der Waals surface area contributed by atoms with E-state index in [9.17, 15) is 0 Å². The molecule has 0 aliphatic heterocycles. The van der Waals surface area contributed by atoms with E-state index in [1.807, 2.05) is 11.8 Å². The molecule has 0 saturated carbocycles. The van der Waals surface area contributed by atoms with E-state index in [2.05, 4.69) is 50.0 Å². The zero-order valence-electron chi connectivity index (χ0n) is 8.71. The van der Waals surface area contributed by atoms with Gasteiger partial charge in [0, 0.05) is 13.0 Å². The molecule has 2 heteroatoms. The maximum Gasteiger partial charge on any atom is 0.0450 e. The molecular weight excluding hydrogens is 192 g/mol. The molecule has 0 aromatic heterocycles. The molecule has 0 aliphatic rings. The third-order valence-corrected chi connectivity index (χ3v) is 4.99. The van der Waals surface area contributed by atoms with Crippen LogP contribution in [0.2, 0.25) is 25.7 Å². The van der Waals surface area contributed by atoms with Gasteiger partial charge in [-0.1, -0.05) is 37.8 Å². The van der Waals surface area contributed by atoms with Gasteiger partial charge < -0.3 is 0 Å². The van der Waals surface area contributed by atoms with Crippen molar-refractivity contribution in [2.45, 2.75) is 30.6 Å². The van der Waals surface area contributed by atoms with Crippen LogP contribution in [0, 0.1) is 0 Å². The van der Waals surface area contributed by atoms with Crippen molar-refractivity contribution in [2.24, 2.45) is 0 Å². The van der Waals surface area contributed by atoms with Gasteiger partial charge in [-0.3, -0.25) is 0 Å². The van der Waals surface area contributed by atoms with Gasteiger partial charge in [-0.25, -0.2) is 0 Å². The van der Waals surface area contributed by atoms with E-state index in [1.165, 1.54) is 16.7 Å². The lowest BCUT2D eigenvalue weighted by Crippen LogP contribution is -2.19. The van der Waals surface area contributed by atoms with Crippen molar-refractivity contribution in [3.8, 4) is 0 Å². The Hall–Kier alpha value is -0.213. The molecule has 0 unspecified atom stereocenters. The van der Waals surface area contributed by atoms with Crippen molar-refractivity contribution < 1.29 is 0 Å². The zero-order valence-corrected chi connectivity index (χ0v) is 10.5. The quantitative estimate of drug-likeness (QED) is 0.532. The second-order valence-electron chi connectivity index (χ2n) is 4.47. The second-order valence-corrected chi connectivity index (χ2v) is 11.3. The molecule has 0 atom stereocenters. The molecule has 0 saturated heterocycles. The SMILES string of the molecule is C[Si](C)(C)CCSc1ccccc1. The summed E-state index contributed by atoms with van der Waals surface area (Å²) >= 11 is 1.98. The summed E-state index contributed by atoms with van der Waals surface area (Å²) in [5.74, 6) is 1.28. The highest BCUT2D eigenvalue weighted by Crippen LogP contribution is 2.21. The maximum absolute atomic E-state index is 2.43. The lowest BCUT2D eigenvalue weighted by Gasteiger charge is -2.14. The highest BCUT2D eigenvalue weighted by atomic mass is 32.2. The largest absolute Gasteiger partial charge is 0.126 e. The maximum atomic E-state index is 2.43. The Bertz CT molecular complexity index is 238. The van der Waals surface area contributed by atoms with Crippen molar-refractivity contribution in [3.05, 3.63) is 30.3 Å². The predicted octanol–water partition coefficient (Wildman–Crippen LogP) is 4.12. The molecule has 1 aromatic carbocycles. The number of thioether (sulfide) groups is 1. The minimum atomic E-state index is -0.832. The molecular formula is C11H18SSi. The minimum absolute atomic E-state index is 0.832. The molecule has 0 spiro atoms. The molecule has 0 aliphatic carbocycles. The third-order valence-electron chi connectivity index (χ3n) is 1.86. The van der Waals surface area contributed by atoms with E-state index in [0.29, 0.717) is 0 Å². The number of hydrogen-bond acceptors (Lipinski definition) is 1. The first-order valence-corrected chi connectivity index (χ1v) is 9.45. The summed E-state index contributed by atoms with van der Waals surface area (Å²) in [4.78, 5) is 1.40. The Kier molecular flexibility index (Phi) is 4.07. The first kappa shape index (κ1) is 10.9. The van der Waals surface area contributed by atoms with E-state index in [4.69, 9.17) is 0 Å². The van der Waals surface area contributed by atoms with Crippen LogP contribution in [0.3, 0.4) is 0 Å². The molecule has 72 valence electrons. The van der Waals surface area contributed by atoms with Gasteiger partial charge in [0.05, 0.1) is 0 Å². The lowest BCUT2D eigenvalue weighted by molar-refractivity contribution is 1.36. The van der Waals surface area contributed by atoms with Gasteiger partial charge in [-0.05, 0) is 23.9 Å². The van der Waals surface area contributed by atoms with Crippen LogP contribution in [0.25, 0.3) is 0 Å². The summed E-state index contributed by atoms with van der Waals surface area (Å²) in [6.07, 6.45) is 0. The monoisotopic (exact) mass is 210 g/mol. The van der Waals surface area contributed by atoms with Crippen molar-refractivity contribution in [3.63, 3.8) is 0 Å². The first-order chi connectivity index (χ1) is 6.08. The molecule has 0 radical (unpaired) electrons. The summed E-state index contributed by atoms with van der Waals surface area (Å²) in [7, 11) is -0.832. The average molecular weight is 210 g/mol. The zero-order chi connectivity index (χ0) is 9.73. The second kappa shape index (κ2) is 4.87. The van der Waals surface area contributed by atoms with Crippen LogP contribution >= 0.6 is 11.8 Å². The molecule has 13 heavy (non-hydrogen) atoms. The van der Waals surface area contributed by atoms with Crippen molar-refractivity contribution >= 4 is 19.8 Å². The van der Waals surface area contributed by atoms with E-state index in [1.54, 1.807) is 0 Å². The molecule has 0 bridgehead atoms.